The summed E-state index contributed by atoms with van der Waals surface area (Å²) in [4.78, 5) is 0. The molecule has 0 aliphatic rings. The lowest BCUT2D eigenvalue weighted by atomic mass is 10.8. The maximum atomic E-state index is 9.62. The van der Waals surface area contributed by atoms with Gasteiger partial charge in [0.15, 0.2) is 5.01 Å². The fraction of sp³-hybridized carbons (Fsp3) is 0.250. The second-order valence-electron chi connectivity index (χ2n) is 1.39. The first-order chi connectivity index (χ1) is 4.33. The SMILES string of the molecule is Cc1nnc(/C=N/[O-])s1. The van der Waals surface area contributed by atoms with Crippen molar-refractivity contribution in [1.82, 2.24) is 10.2 Å². The van der Waals surface area contributed by atoms with Gasteiger partial charge in [0.2, 0.25) is 0 Å². The van der Waals surface area contributed by atoms with Crippen molar-refractivity contribution in [3.8, 4) is 0 Å². The van der Waals surface area contributed by atoms with Gasteiger partial charge in [0.05, 0.1) is 6.21 Å². The Morgan fingerprint density at radius 1 is 1.67 bits per heavy atom. The number of rotatable bonds is 1. The molecule has 0 amide bonds. The Balaban J connectivity index is 2.85. The molecule has 1 aromatic rings. The van der Waals surface area contributed by atoms with E-state index in [1.807, 2.05) is 6.92 Å². The Kier molecular flexibility index (Phi) is 1.74. The Morgan fingerprint density at radius 3 is 2.89 bits per heavy atom. The third-order valence-corrected chi connectivity index (χ3v) is 1.48. The molecule has 1 aromatic heterocycles. The predicted molar refractivity (Wildman–Crippen MR) is 35.6 cm³/mol. The van der Waals surface area contributed by atoms with Gasteiger partial charge < -0.3 is 10.4 Å². The summed E-state index contributed by atoms with van der Waals surface area (Å²) in [5, 5.41) is 20.9. The monoisotopic (exact) mass is 142 g/mol. The molecule has 4 nitrogen and oxygen atoms in total. The molecule has 9 heavy (non-hydrogen) atoms. The van der Waals surface area contributed by atoms with Gasteiger partial charge in [-0.1, -0.05) is 11.3 Å². The van der Waals surface area contributed by atoms with Gasteiger partial charge in [0, 0.05) is 0 Å². The van der Waals surface area contributed by atoms with Crippen molar-refractivity contribution >= 4 is 17.6 Å². The van der Waals surface area contributed by atoms with E-state index in [1.165, 1.54) is 11.3 Å². The van der Waals surface area contributed by atoms with Gasteiger partial charge in [0.1, 0.15) is 5.01 Å². The van der Waals surface area contributed by atoms with Gasteiger partial charge in [-0.05, 0) is 6.92 Å². The minimum atomic E-state index is 0.558. The van der Waals surface area contributed by atoms with E-state index in [9.17, 15) is 5.21 Å². The van der Waals surface area contributed by atoms with E-state index in [4.69, 9.17) is 0 Å². The van der Waals surface area contributed by atoms with Crippen LogP contribution in [-0.2, 0) is 0 Å². The highest BCUT2D eigenvalue weighted by Gasteiger charge is 1.92. The van der Waals surface area contributed by atoms with Crippen LogP contribution in [0.25, 0.3) is 0 Å². The number of hydrogen-bond donors (Lipinski definition) is 0. The average molecular weight is 142 g/mol. The molecule has 0 N–H and O–H groups in total. The Hall–Kier alpha value is -0.970. The lowest BCUT2D eigenvalue weighted by molar-refractivity contribution is 1.04. The third-order valence-electron chi connectivity index (χ3n) is 0.705. The maximum absolute atomic E-state index is 9.62. The van der Waals surface area contributed by atoms with Gasteiger partial charge in [-0.2, -0.15) is 0 Å². The van der Waals surface area contributed by atoms with Crippen molar-refractivity contribution in [2.45, 2.75) is 6.92 Å². The summed E-state index contributed by atoms with van der Waals surface area (Å²) in [6, 6.07) is 0. The summed E-state index contributed by atoms with van der Waals surface area (Å²) in [5.74, 6) is 0. The highest BCUT2D eigenvalue weighted by Crippen LogP contribution is 2.04. The maximum Gasteiger partial charge on any atom is 0.158 e. The van der Waals surface area contributed by atoms with Crippen molar-refractivity contribution in [2.24, 2.45) is 5.16 Å². The van der Waals surface area contributed by atoms with Crippen LogP contribution in [0.15, 0.2) is 5.16 Å². The predicted octanol–water partition coefficient (Wildman–Crippen LogP) is 0.763. The van der Waals surface area contributed by atoms with Crippen molar-refractivity contribution in [2.75, 3.05) is 0 Å². The summed E-state index contributed by atoms with van der Waals surface area (Å²) >= 11 is 1.34. The van der Waals surface area contributed by atoms with Crippen LogP contribution in [0.3, 0.4) is 0 Å². The Bertz CT molecular complexity index is 219. The van der Waals surface area contributed by atoms with Crippen LogP contribution >= 0.6 is 11.3 Å². The van der Waals surface area contributed by atoms with Gasteiger partial charge >= 0.3 is 0 Å². The largest absolute Gasteiger partial charge is 0.792 e. The summed E-state index contributed by atoms with van der Waals surface area (Å²) < 4.78 is 0. The smallest absolute Gasteiger partial charge is 0.158 e. The summed E-state index contributed by atoms with van der Waals surface area (Å²) in [6.45, 7) is 1.82. The molecule has 0 saturated carbocycles. The lowest BCUT2D eigenvalue weighted by Gasteiger charge is -1.83. The zero-order valence-corrected chi connectivity index (χ0v) is 5.55. The number of aryl methyl sites for hydroxylation is 1. The molecule has 0 aromatic carbocycles. The van der Waals surface area contributed by atoms with Gasteiger partial charge in [0.25, 0.3) is 0 Å². The number of nitrogens with zero attached hydrogens (tertiary/aromatic N) is 3. The normalized spacial score (nSPS) is 10.8. The van der Waals surface area contributed by atoms with Crippen molar-refractivity contribution in [1.29, 1.82) is 0 Å². The molecule has 0 fully saturated rings. The molecule has 0 unspecified atom stereocenters. The fourth-order valence-electron chi connectivity index (χ4n) is 0.409. The summed E-state index contributed by atoms with van der Waals surface area (Å²) in [7, 11) is 0. The van der Waals surface area contributed by atoms with Crippen LogP contribution in [0.5, 0.6) is 0 Å². The highest BCUT2D eigenvalue weighted by molar-refractivity contribution is 7.12. The Morgan fingerprint density at radius 2 is 2.44 bits per heavy atom. The van der Waals surface area contributed by atoms with Crippen LogP contribution in [-0.4, -0.2) is 16.4 Å². The minimum absolute atomic E-state index is 0.558. The molecular weight excluding hydrogens is 138 g/mol. The van der Waals surface area contributed by atoms with Crippen LogP contribution in [0, 0.1) is 12.1 Å². The van der Waals surface area contributed by atoms with E-state index in [0.717, 1.165) is 11.2 Å². The zero-order valence-electron chi connectivity index (χ0n) is 4.74. The van der Waals surface area contributed by atoms with Crippen molar-refractivity contribution < 1.29 is 0 Å². The van der Waals surface area contributed by atoms with Crippen molar-refractivity contribution in [3.63, 3.8) is 0 Å². The minimum Gasteiger partial charge on any atom is -0.792 e. The molecule has 0 aliphatic heterocycles. The van der Waals surface area contributed by atoms with E-state index in [-0.39, 0.29) is 0 Å². The summed E-state index contributed by atoms with van der Waals surface area (Å²) in [6.07, 6.45) is 1.14. The van der Waals surface area contributed by atoms with E-state index in [2.05, 4.69) is 15.4 Å². The Labute approximate surface area is 55.9 Å². The van der Waals surface area contributed by atoms with E-state index >= 15 is 0 Å². The molecule has 1 rings (SSSR count). The first-order valence-electron chi connectivity index (χ1n) is 2.28. The lowest BCUT2D eigenvalue weighted by Crippen LogP contribution is -1.76. The fourth-order valence-corrected chi connectivity index (χ4v) is 0.971. The van der Waals surface area contributed by atoms with Gasteiger partial charge in [-0.15, -0.1) is 10.2 Å². The molecule has 0 aliphatic carbocycles. The van der Waals surface area contributed by atoms with Gasteiger partial charge in [-0.25, -0.2) is 0 Å². The highest BCUT2D eigenvalue weighted by atomic mass is 32.1. The molecule has 0 saturated heterocycles. The van der Waals surface area contributed by atoms with Gasteiger partial charge in [-0.3, -0.25) is 0 Å². The average Bonchev–Trinajstić information content (AvgIpc) is 2.17. The first kappa shape index (κ1) is 6.15. The van der Waals surface area contributed by atoms with E-state index in [1.54, 1.807) is 0 Å². The quantitative estimate of drug-likeness (QED) is 0.429. The van der Waals surface area contributed by atoms with Crippen LogP contribution in [0.4, 0.5) is 0 Å². The number of hydrogen-bond acceptors (Lipinski definition) is 5. The van der Waals surface area contributed by atoms with E-state index in [0.29, 0.717) is 5.01 Å². The molecular formula is C4H4N3OS-. The zero-order chi connectivity index (χ0) is 6.69. The summed E-state index contributed by atoms with van der Waals surface area (Å²) in [5.41, 5.74) is 0. The van der Waals surface area contributed by atoms with E-state index < -0.39 is 0 Å². The van der Waals surface area contributed by atoms with Crippen molar-refractivity contribution in [3.05, 3.63) is 15.2 Å². The second kappa shape index (κ2) is 2.54. The molecule has 0 radical (unpaired) electrons. The molecule has 5 heteroatoms. The molecule has 0 atom stereocenters. The van der Waals surface area contributed by atoms with Crippen LogP contribution in [0.2, 0.25) is 0 Å². The standard InChI is InChI=1S/C4H5N3OS/c1-3-6-7-4(9-3)2-5-8/h2,8H,1H3/p-1/b5-2+. The van der Waals surface area contributed by atoms with Crippen LogP contribution in [0.1, 0.15) is 10.0 Å². The topological polar surface area (TPSA) is 61.2 Å². The molecule has 0 spiro atoms. The number of aromatic nitrogens is 2. The third kappa shape index (κ3) is 1.46. The van der Waals surface area contributed by atoms with Crippen LogP contribution < -0.4 is 0 Å². The first-order valence-corrected chi connectivity index (χ1v) is 3.10. The second-order valence-corrected chi connectivity index (χ2v) is 2.61. The molecule has 48 valence electrons. The molecule has 1 heterocycles. The molecule has 0 bridgehead atoms.